The number of β-lactam (4-membered cyclic amide) rings is 1. The van der Waals surface area contributed by atoms with E-state index in [4.69, 9.17) is 33.0 Å². The molecule has 6 rings (SSSR count). The number of carbonyl (C=O) groups excluding carboxylic acids is 3. The lowest BCUT2D eigenvalue weighted by atomic mass is 10.0. The second-order valence-corrected chi connectivity index (χ2v) is 13.9. The molecule has 7 N–H and O–H groups in total. The zero-order valence-electron chi connectivity index (χ0n) is 24.8. The number of carboxylic acids is 2. The molecule has 19 heteroatoms. The largest absolute Gasteiger partial charge is 0.543 e. The van der Waals surface area contributed by atoms with Gasteiger partial charge in [-0.05, 0) is 38.9 Å². The van der Waals surface area contributed by atoms with Gasteiger partial charge in [0, 0.05) is 23.4 Å². The van der Waals surface area contributed by atoms with Crippen LogP contribution in [0.5, 0.6) is 0 Å². The number of carbonyl (C=O) groups is 4. The van der Waals surface area contributed by atoms with Gasteiger partial charge >= 0.3 is 5.97 Å². The van der Waals surface area contributed by atoms with Crippen LogP contribution in [-0.4, -0.2) is 85.4 Å². The van der Waals surface area contributed by atoms with Gasteiger partial charge in [-0.2, -0.15) is 4.57 Å². The zero-order chi connectivity index (χ0) is 33.6. The third kappa shape index (κ3) is 6.08. The Bertz CT molecular complexity index is 1850. The number of anilines is 2. The van der Waals surface area contributed by atoms with Gasteiger partial charge < -0.3 is 46.5 Å². The van der Waals surface area contributed by atoms with E-state index >= 15 is 0 Å². The molecule has 47 heavy (non-hydrogen) atoms. The Balaban J connectivity index is 1.24. The van der Waals surface area contributed by atoms with Crippen LogP contribution in [-0.2, 0) is 30.6 Å². The van der Waals surface area contributed by atoms with Crippen molar-refractivity contribution >= 4 is 86.1 Å². The Morgan fingerprint density at radius 2 is 2.09 bits per heavy atom. The number of halogens is 1. The van der Waals surface area contributed by atoms with Crippen LogP contribution in [0, 0.1) is 0 Å². The molecule has 0 saturated carbocycles. The van der Waals surface area contributed by atoms with Crippen LogP contribution in [0.2, 0.25) is 4.34 Å². The number of thiazole rings is 1. The van der Waals surface area contributed by atoms with Gasteiger partial charge in [0.05, 0.1) is 17.7 Å². The lowest BCUT2D eigenvalue weighted by molar-refractivity contribution is -0.663. The van der Waals surface area contributed by atoms with Gasteiger partial charge in [0.25, 0.3) is 11.8 Å². The highest BCUT2D eigenvalue weighted by Crippen LogP contribution is 2.40. The number of thioether (sulfide) groups is 1. The third-order valence-corrected chi connectivity index (χ3v) is 10.6. The van der Waals surface area contributed by atoms with Crippen molar-refractivity contribution in [3.05, 3.63) is 45.7 Å². The molecule has 3 aromatic rings. The van der Waals surface area contributed by atoms with Crippen molar-refractivity contribution in [2.45, 2.75) is 49.9 Å². The van der Waals surface area contributed by atoms with Crippen LogP contribution in [0.15, 0.2) is 40.8 Å². The van der Waals surface area contributed by atoms with Crippen LogP contribution >= 0.6 is 34.7 Å². The zero-order valence-corrected chi connectivity index (χ0v) is 27.2. The van der Waals surface area contributed by atoms with Gasteiger partial charge in [-0.3, -0.25) is 14.5 Å². The van der Waals surface area contributed by atoms with Crippen molar-refractivity contribution in [2.75, 3.05) is 30.3 Å². The number of hydrogen-bond donors (Lipinski definition) is 5. The standard InChI is InChI=1S/C28H30ClN9O7S2/c1-12(26(41)42)45-35-19(18-22(29)47-28(31)34-18)23(39)33-20-24(40)38-21(27(43)44)13(11-46-25(20)38)10-36-8-2-3-15-16(36)9-17(30)37(15)14-4-6-32-7-5-14/h2-3,8-9,12,14,20,25,30,32H,4-7,10-11H2,1H3,(H5,31,33,34,39,41,42,43,44)/b35-19-/t12-,20+,25?/m0/s1. The number of nitrogens with zero attached hydrogens (tertiary/aromatic N) is 5. The molecule has 1 unspecified atom stereocenters. The molecule has 0 radical (unpaired) electrons. The van der Waals surface area contributed by atoms with E-state index in [9.17, 15) is 24.3 Å². The van der Waals surface area contributed by atoms with Gasteiger partial charge in [-0.1, -0.05) is 28.1 Å². The van der Waals surface area contributed by atoms with E-state index in [0.717, 1.165) is 53.2 Å². The summed E-state index contributed by atoms with van der Waals surface area (Å²) in [6.07, 6.45) is 2.28. The number of hydrogen-bond acceptors (Lipinski definition) is 13. The number of nitrogens with two attached hydrogens (primary N) is 2. The molecule has 3 aliphatic rings. The van der Waals surface area contributed by atoms with Gasteiger partial charge in [0.15, 0.2) is 23.6 Å². The number of pyridine rings is 1. The minimum Gasteiger partial charge on any atom is -0.543 e. The summed E-state index contributed by atoms with van der Waals surface area (Å²) in [5.41, 5.74) is 13.5. The van der Waals surface area contributed by atoms with Crippen LogP contribution in [0.4, 0.5) is 10.9 Å². The quantitative estimate of drug-likeness (QED) is 0.0773. The summed E-state index contributed by atoms with van der Waals surface area (Å²) >= 11 is 8.31. The number of nitrogen functional groups attached to an aromatic ring is 2. The molecule has 6 heterocycles. The number of rotatable bonds is 10. The molecule has 16 nitrogen and oxygen atoms in total. The van der Waals surface area contributed by atoms with Crippen molar-refractivity contribution < 1.29 is 38.8 Å². The van der Waals surface area contributed by atoms with Gasteiger partial charge in [-0.25, -0.2) is 9.78 Å². The van der Waals surface area contributed by atoms with E-state index in [-0.39, 0.29) is 39.2 Å². The van der Waals surface area contributed by atoms with Crippen molar-refractivity contribution in [3.63, 3.8) is 0 Å². The average molecular weight is 704 g/mol. The molecule has 3 atom stereocenters. The summed E-state index contributed by atoms with van der Waals surface area (Å²) in [5, 5.41) is 30.4. The minimum atomic E-state index is -1.52. The Kier molecular flexibility index (Phi) is 9.01. The fourth-order valence-corrected chi connectivity index (χ4v) is 8.17. The van der Waals surface area contributed by atoms with E-state index in [1.54, 1.807) is 0 Å². The number of aliphatic carboxylic acids is 2. The van der Waals surface area contributed by atoms with Gasteiger partial charge in [0.1, 0.15) is 32.8 Å². The molecule has 2 amide bonds. The van der Waals surface area contributed by atoms with Crippen molar-refractivity contribution in [1.82, 2.24) is 25.1 Å². The first-order valence-electron chi connectivity index (χ1n) is 14.5. The average Bonchev–Trinajstić information content (AvgIpc) is 3.56. The predicted octanol–water partition coefficient (Wildman–Crippen LogP) is -0.574. The predicted molar refractivity (Wildman–Crippen MR) is 171 cm³/mol. The highest BCUT2D eigenvalue weighted by Gasteiger charge is 2.53. The maximum atomic E-state index is 13.4. The summed E-state index contributed by atoms with van der Waals surface area (Å²) < 4.78 is 4.01. The molecule has 3 aliphatic heterocycles. The number of oxime groups is 1. The highest BCUT2D eigenvalue weighted by atomic mass is 35.5. The molecular formula is C28H30ClN9O7S2. The Morgan fingerprint density at radius 1 is 1.34 bits per heavy atom. The topological polar surface area (TPSA) is 234 Å². The number of aromatic nitrogens is 3. The molecule has 0 aliphatic carbocycles. The molecule has 0 aromatic carbocycles. The Labute approximate surface area is 280 Å². The molecule has 3 aromatic heterocycles. The normalized spacial score (nSPS) is 20.9. The number of nitrogens with one attached hydrogen (secondary N) is 2. The fourth-order valence-electron chi connectivity index (χ4n) is 5.91. The second kappa shape index (κ2) is 13.0. The van der Waals surface area contributed by atoms with Crippen LogP contribution in [0.1, 0.15) is 31.5 Å². The third-order valence-electron chi connectivity index (χ3n) is 8.17. The van der Waals surface area contributed by atoms with Crippen LogP contribution < -0.4 is 31.8 Å². The SMILES string of the molecule is C[C@H](O/N=C(\C(=O)N[C@@H]1C(=O)N2C(C(=O)[O-])=C(C[n+]3cccc4c3cc(N)n4C3CCNCC3)CSC12)c1nc(N)sc1Cl)C(=O)O. The Morgan fingerprint density at radius 3 is 2.74 bits per heavy atom. The Hall–Kier alpha value is -4.39. The lowest BCUT2D eigenvalue weighted by Gasteiger charge is -2.50. The fraction of sp³-hybridized carbons (Fsp3) is 0.393. The van der Waals surface area contributed by atoms with Gasteiger partial charge in [-0.15, -0.1) is 11.8 Å². The number of piperidine rings is 1. The summed E-state index contributed by atoms with van der Waals surface area (Å²) in [5.74, 6) is -3.65. The molecule has 0 spiro atoms. The molecule has 2 saturated heterocycles. The minimum absolute atomic E-state index is 0.0104. The maximum Gasteiger partial charge on any atom is 0.347 e. The van der Waals surface area contributed by atoms with Crippen molar-refractivity contribution in [3.8, 4) is 0 Å². The summed E-state index contributed by atoms with van der Waals surface area (Å²) in [6.45, 7) is 3.15. The first-order chi connectivity index (χ1) is 22.5. The summed E-state index contributed by atoms with van der Waals surface area (Å²) in [4.78, 5) is 60.5. The van der Waals surface area contributed by atoms with Crippen LogP contribution in [0.3, 0.4) is 0 Å². The number of carboxylic acid groups (broad SMARTS) is 2. The lowest BCUT2D eigenvalue weighted by Crippen LogP contribution is -2.71. The van der Waals surface area contributed by atoms with Crippen molar-refractivity contribution in [2.24, 2.45) is 5.16 Å². The summed E-state index contributed by atoms with van der Waals surface area (Å²) in [7, 11) is 0. The van der Waals surface area contributed by atoms with E-state index in [0.29, 0.717) is 11.4 Å². The second-order valence-electron chi connectivity index (χ2n) is 11.1. The highest BCUT2D eigenvalue weighted by molar-refractivity contribution is 8.00. The molecule has 2 fully saturated rings. The maximum absolute atomic E-state index is 13.4. The smallest absolute Gasteiger partial charge is 0.347 e. The van der Waals surface area contributed by atoms with Crippen LogP contribution in [0.25, 0.3) is 11.0 Å². The van der Waals surface area contributed by atoms with Crippen molar-refractivity contribution in [1.29, 1.82) is 0 Å². The van der Waals surface area contributed by atoms with E-state index < -0.39 is 47.0 Å². The molecule has 0 bridgehead atoms. The number of fused-ring (bicyclic) bond motifs is 2. The monoisotopic (exact) mass is 703 g/mol. The summed E-state index contributed by atoms with van der Waals surface area (Å²) in [6, 6.07) is 4.82. The number of amides is 2. The first kappa shape index (κ1) is 32.5. The first-order valence-corrected chi connectivity index (χ1v) is 16.8. The van der Waals surface area contributed by atoms with E-state index in [1.165, 1.54) is 18.7 Å². The van der Waals surface area contributed by atoms with Gasteiger partial charge in [0.2, 0.25) is 11.6 Å². The van der Waals surface area contributed by atoms with E-state index in [1.807, 2.05) is 29.0 Å². The molecular weight excluding hydrogens is 674 g/mol. The molecule has 248 valence electrons. The van der Waals surface area contributed by atoms with E-state index in [2.05, 4.69) is 25.3 Å².